The van der Waals surface area contributed by atoms with Gasteiger partial charge in [0.05, 0.1) is 23.5 Å². The number of ketones is 4. The van der Waals surface area contributed by atoms with Crippen LogP contribution in [-0.4, -0.2) is 127 Å². The van der Waals surface area contributed by atoms with E-state index in [0.29, 0.717) is 81.4 Å². The molecule has 3 aliphatic rings. The normalized spacial score (nSPS) is 14.6. The molecule has 1 aromatic heterocycles. The zero-order valence-electron chi connectivity index (χ0n) is 52.6. The van der Waals surface area contributed by atoms with Crippen molar-refractivity contribution in [3.63, 3.8) is 0 Å². The van der Waals surface area contributed by atoms with Crippen LogP contribution in [0.2, 0.25) is 0 Å². The molecule has 4 heterocycles. The predicted octanol–water partition coefficient (Wildman–Crippen LogP) is 12.3. The van der Waals surface area contributed by atoms with Crippen LogP contribution in [0.5, 0.6) is 5.75 Å². The lowest BCUT2D eigenvalue weighted by Crippen LogP contribution is -2.42. The quantitative estimate of drug-likeness (QED) is 0.0818. The Labute approximate surface area is 512 Å². The molecule has 0 saturated carbocycles. The molecular weight excluding hydrogens is 1070 g/mol. The molecular formula is C68H113N7O10. The SMILES string of the molecule is C.C.C.CC(C)(C)C(=O)C(N)Cc1ccc(O)cc1.CC(C)(C)C(=O)CCCN1CCCCC1=O.CC(C)(C)NC(=O)CCN1CCCC1=O.CC(C)C(=O)C(C)Cc1cnc[nH]1.Cc1ccc2c(c1)C(=O)N(CCCC(=O)CC(C)(C)C)C2=O. The van der Waals surface area contributed by atoms with Crippen LogP contribution in [0.1, 0.15) is 234 Å². The summed E-state index contributed by atoms with van der Waals surface area (Å²) in [6.07, 6.45) is 12.3. The maximum Gasteiger partial charge on any atom is 0.261 e. The lowest BCUT2D eigenvalue weighted by atomic mass is 9.85. The van der Waals surface area contributed by atoms with E-state index in [1.807, 2.05) is 122 Å². The fourth-order valence-corrected chi connectivity index (χ4v) is 9.21. The van der Waals surface area contributed by atoms with Crippen LogP contribution in [-0.2, 0) is 46.4 Å². The van der Waals surface area contributed by atoms with Crippen molar-refractivity contribution >= 4 is 52.7 Å². The molecule has 2 fully saturated rings. The first-order chi connectivity index (χ1) is 37.9. The number of nitrogens with zero attached hydrogens (tertiary/aromatic N) is 4. The van der Waals surface area contributed by atoms with Gasteiger partial charge in [-0.15, -0.1) is 0 Å². The number of imide groups is 1. The first-order valence-electron chi connectivity index (χ1n) is 29.4. The highest BCUT2D eigenvalue weighted by Gasteiger charge is 2.35. The molecule has 0 aliphatic carbocycles. The second-order valence-corrected chi connectivity index (χ2v) is 26.7. The number of hydrogen-bond acceptors (Lipinski definition) is 12. The number of H-pyrrole nitrogens is 1. The van der Waals surface area contributed by atoms with Crippen molar-refractivity contribution in [1.29, 1.82) is 0 Å². The highest BCUT2D eigenvalue weighted by molar-refractivity contribution is 6.21. The van der Waals surface area contributed by atoms with Gasteiger partial charge in [0, 0.05) is 111 Å². The van der Waals surface area contributed by atoms with Crippen LogP contribution in [0.4, 0.5) is 0 Å². The molecule has 6 rings (SSSR count). The number of nitrogens with one attached hydrogen (secondary N) is 2. The Morgan fingerprint density at radius 2 is 1.24 bits per heavy atom. The summed E-state index contributed by atoms with van der Waals surface area (Å²) in [7, 11) is 0. The van der Waals surface area contributed by atoms with Gasteiger partial charge in [0.25, 0.3) is 11.8 Å². The van der Waals surface area contributed by atoms with Crippen LogP contribution in [0.15, 0.2) is 55.0 Å². The molecule has 85 heavy (non-hydrogen) atoms. The number of likely N-dealkylation sites (tertiary alicyclic amines) is 2. The molecule has 3 aromatic rings. The van der Waals surface area contributed by atoms with Crippen molar-refractivity contribution in [1.82, 2.24) is 30.0 Å². The Morgan fingerprint density at radius 1 is 0.682 bits per heavy atom. The maximum atomic E-state index is 12.3. The summed E-state index contributed by atoms with van der Waals surface area (Å²) in [6, 6.07) is 11.6. The van der Waals surface area contributed by atoms with Crippen LogP contribution in [0.3, 0.4) is 0 Å². The van der Waals surface area contributed by atoms with Crippen molar-refractivity contribution in [2.24, 2.45) is 33.8 Å². The zero-order valence-corrected chi connectivity index (χ0v) is 52.6. The minimum Gasteiger partial charge on any atom is -0.508 e. The number of amides is 5. The number of hydrogen-bond donors (Lipinski definition) is 4. The number of aromatic nitrogens is 2. The summed E-state index contributed by atoms with van der Waals surface area (Å²) < 4.78 is 0. The van der Waals surface area contributed by atoms with Gasteiger partial charge in [0.1, 0.15) is 23.1 Å². The highest BCUT2D eigenvalue weighted by atomic mass is 16.3. The number of piperidine rings is 1. The molecule has 0 spiro atoms. The van der Waals surface area contributed by atoms with E-state index in [-0.39, 0.29) is 103 Å². The molecule has 2 saturated heterocycles. The van der Waals surface area contributed by atoms with Gasteiger partial charge >= 0.3 is 0 Å². The number of Topliss-reactive ketones (excluding diaryl/α,β-unsaturated/α-hetero) is 4. The summed E-state index contributed by atoms with van der Waals surface area (Å²) >= 11 is 0. The Morgan fingerprint density at radius 3 is 1.74 bits per heavy atom. The third kappa shape index (κ3) is 31.0. The number of benzene rings is 2. The van der Waals surface area contributed by atoms with E-state index in [1.165, 1.54) is 4.90 Å². The minimum atomic E-state index is -0.482. The first kappa shape index (κ1) is 80.7. The topological polar surface area (TPSA) is 250 Å². The van der Waals surface area contributed by atoms with Gasteiger partial charge < -0.3 is 30.9 Å². The molecule has 2 unspecified atom stereocenters. The van der Waals surface area contributed by atoms with E-state index in [0.717, 1.165) is 68.6 Å². The Kier molecular flexibility index (Phi) is 35.4. The van der Waals surface area contributed by atoms with Gasteiger partial charge in [0.2, 0.25) is 17.7 Å². The number of aromatic amines is 1. The van der Waals surface area contributed by atoms with Crippen molar-refractivity contribution in [3.8, 4) is 5.75 Å². The fourth-order valence-electron chi connectivity index (χ4n) is 9.21. The molecule has 0 radical (unpaired) electrons. The lowest BCUT2D eigenvalue weighted by Gasteiger charge is -2.27. The van der Waals surface area contributed by atoms with Gasteiger partial charge in [0.15, 0.2) is 5.78 Å². The second kappa shape index (κ2) is 37.3. The molecule has 2 aromatic carbocycles. The van der Waals surface area contributed by atoms with Crippen LogP contribution < -0.4 is 11.1 Å². The Hall–Kier alpha value is -6.36. The first-order valence-corrected chi connectivity index (χ1v) is 29.4. The summed E-state index contributed by atoms with van der Waals surface area (Å²) in [5, 5.41) is 12.0. The Bertz CT molecular complexity index is 2580. The molecule has 5 amide bonds. The summed E-state index contributed by atoms with van der Waals surface area (Å²) in [5.74, 6) is 1.23. The average Bonchev–Trinajstić information content (AvgIpc) is 3.09. The van der Waals surface area contributed by atoms with Crippen molar-refractivity contribution in [3.05, 3.63) is 82.9 Å². The summed E-state index contributed by atoms with van der Waals surface area (Å²) in [5.41, 5.74) is 8.90. The molecule has 0 bridgehead atoms. The molecule has 3 aliphatic heterocycles. The van der Waals surface area contributed by atoms with E-state index >= 15 is 0 Å². The van der Waals surface area contributed by atoms with Crippen molar-refractivity contribution in [2.75, 3.05) is 32.7 Å². The second-order valence-electron chi connectivity index (χ2n) is 26.7. The number of rotatable bonds is 19. The smallest absolute Gasteiger partial charge is 0.261 e. The van der Waals surface area contributed by atoms with E-state index in [1.54, 1.807) is 53.8 Å². The number of phenolic OH excluding ortho intramolecular Hbond substituents is 1. The molecule has 2 atom stereocenters. The number of carbonyl (C=O) groups is 9. The maximum absolute atomic E-state index is 12.3. The molecule has 480 valence electrons. The minimum absolute atomic E-state index is 0. The molecule has 17 heteroatoms. The fraction of sp³-hybridized carbons (Fsp3) is 0.647. The monoisotopic (exact) mass is 1190 g/mol. The number of aromatic hydroxyl groups is 1. The number of imidazole rings is 1. The lowest BCUT2D eigenvalue weighted by molar-refractivity contribution is -0.134. The molecule has 17 nitrogen and oxygen atoms in total. The van der Waals surface area contributed by atoms with Gasteiger partial charge in [-0.3, -0.25) is 48.1 Å². The zero-order chi connectivity index (χ0) is 62.3. The third-order valence-electron chi connectivity index (χ3n) is 13.7. The number of nitrogens with two attached hydrogens (primary N) is 1. The standard InChI is InChI=1S/C18H23NO3.C13H19NO2.C13H23NO2.C11H20N2O2.C10H16N2O.3CH4/c1-12-7-8-14-15(10-12)17(22)19(16(14)21)9-5-6-13(20)11-18(2,3)4;1-13(2,3)12(16)11(14)8-9-4-6-10(15)7-5-9;1-13(2,3)11(15)7-6-10-14-9-5-4-8-12(14)16;1-11(2,3)12-9(14)6-8-13-7-4-5-10(13)15;1-7(2)10(13)8(3)4-9-5-11-6-12-9;;;/h7-8,10H,5-6,9,11H2,1-4H3;4-7,11,15H,8,14H2,1-3H3;4-10H2,1-3H3;4-8H2,1-3H3,(H,12,14);5-8H,4H2,1-3H3,(H,11,12);3*1H4. The number of aryl methyl sites for hydroxylation is 1. The number of fused-ring (bicyclic) bond motifs is 1. The van der Waals surface area contributed by atoms with E-state index < -0.39 is 11.5 Å². The third-order valence-corrected chi connectivity index (χ3v) is 13.7. The summed E-state index contributed by atoms with van der Waals surface area (Å²) in [6.45, 7) is 34.4. The van der Waals surface area contributed by atoms with Gasteiger partial charge in [-0.25, -0.2) is 4.98 Å². The average molecular weight is 1190 g/mol. The largest absolute Gasteiger partial charge is 0.508 e. The number of phenols is 1. The Balaban J connectivity index is 0. The number of carbonyl (C=O) groups excluding carboxylic acids is 9. The predicted molar refractivity (Wildman–Crippen MR) is 343 cm³/mol. The van der Waals surface area contributed by atoms with Crippen LogP contribution in [0, 0.1) is 35.0 Å². The van der Waals surface area contributed by atoms with Crippen LogP contribution in [0.25, 0.3) is 0 Å². The summed E-state index contributed by atoms with van der Waals surface area (Å²) in [4.78, 5) is 118. The van der Waals surface area contributed by atoms with Gasteiger partial charge in [-0.1, -0.05) is 129 Å². The highest BCUT2D eigenvalue weighted by Crippen LogP contribution is 2.26. The van der Waals surface area contributed by atoms with E-state index in [4.69, 9.17) is 10.8 Å². The van der Waals surface area contributed by atoms with E-state index in [9.17, 15) is 43.2 Å². The molecule has 5 N–H and O–H groups in total. The van der Waals surface area contributed by atoms with Gasteiger partial charge in [-0.05, 0) is 108 Å². The van der Waals surface area contributed by atoms with Gasteiger partial charge in [-0.2, -0.15) is 0 Å². The van der Waals surface area contributed by atoms with Crippen molar-refractivity contribution in [2.45, 2.75) is 228 Å². The van der Waals surface area contributed by atoms with Crippen LogP contribution >= 0.6 is 0 Å². The van der Waals surface area contributed by atoms with Crippen molar-refractivity contribution < 1.29 is 48.3 Å². The van der Waals surface area contributed by atoms with E-state index in [2.05, 4.69) is 15.3 Å².